The van der Waals surface area contributed by atoms with Gasteiger partial charge in [0.25, 0.3) is 5.91 Å². The maximum Gasteiger partial charge on any atom is 0.265 e. The average Bonchev–Trinajstić information content (AvgIpc) is 3.52. The molecule has 0 aliphatic carbocycles. The van der Waals surface area contributed by atoms with Crippen molar-refractivity contribution in [3.05, 3.63) is 100.0 Å². The van der Waals surface area contributed by atoms with E-state index >= 15 is 0 Å². The van der Waals surface area contributed by atoms with E-state index in [2.05, 4.69) is 31.3 Å². The minimum atomic E-state index is -0.540. The number of carbonyl (C=O) groups is 2. The molecule has 2 aromatic carbocycles. The minimum absolute atomic E-state index is 0.0849. The SMILES string of the molecule is CCc1ccc(CC2S/C(=C(/C#N)C(=O)NCc3ccco3)N(c3ccc(CC)cc3)C2=O)cc1. The summed E-state index contributed by atoms with van der Waals surface area (Å²) in [6, 6.07) is 21.4. The first-order valence-corrected chi connectivity index (χ1v) is 12.5. The first-order chi connectivity index (χ1) is 17.0. The van der Waals surface area contributed by atoms with E-state index in [1.54, 1.807) is 12.1 Å². The molecule has 7 heteroatoms. The summed E-state index contributed by atoms with van der Waals surface area (Å²) >= 11 is 1.27. The molecule has 3 aromatic rings. The van der Waals surface area contributed by atoms with Crippen molar-refractivity contribution < 1.29 is 14.0 Å². The number of rotatable bonds is 8. The van der Waals surface area contributed by atoms with Crippen LogP contribution < -0.4 is 10.2 Å². The zero-order valence-electron chi connectivity index (χ0n) is 19.8. The Kier molecular flexibility index (Phi) is 7.74. The summed E-state index contributed by atoms with van der Waals surface area (Å²) in [6.07, 6.45) is 3.86. The molecule has 178 valence electrons. The lowest BCUT2D eigenvalue weighted by Crippen LogP contribution is -2.32. The summed E-state index contributed by atoms with van der Waals surface area (Å²) in [5, 5.41) is 12.6. The number of nitriles is 1. The molecule has 2 heterocycles. The fourth-order valence-corrected chi connectivity index (χ4v) is 5.21. The number of furan rings is 1. The van der Waals surface area contributed by atoms with Crippen molar-refractivity contribution in [2.75, 3.05) is 4.90 Å². The zero-order valence-corrected chi connectivity index (χ0v) is 20.6. The van der Waals surface area contributed by atoms with Crippen molar-refractivity contribution in [1.29, 1.82) is 5.26 Å². The third kappa shape index (κ3) is 5.50. The Labute approximate surface area is 209 Å². The van der Waals surface area contributed by atoms with Crippen molar-refractivity contribution >= 4 is 29.3 Å². The summed E-state index contributed by atoms with van der Waals surface area (Å²) in [5.41, 5.74) is 3.97. The Hall–Kier alpha value is -3.76. The van der Waals surface area contributed by atoms with Gasteiger partial charge in [0.15, 0.2) is 0 Å². The van der Waals surface area contributed by atoms with Crippen LogP contribution in [0.2, 0.25) is 0 Å². The van der Waals surface area contributed by atoms with Crippen LogP contribution in [0.1, 0.15) is 36.3 Å². The average molecular weight is 486 g/mol. The minimum Gasteiger partial charge on any atom is -0.467 e. The van der Waals surface area contributed by atoms with Crippen LogP contribution in [0.4, 0.5) is 5.69 Å². The lowest BCUT2D eigenvalue weighted by Gasteiger charge is -2.19. The van der Waals surface area contributed by atoms with Gasteiger partial charge in [-0.15, -0.1) is 0 Å². The lowest BCUT2D eigenvalue weighted by atomic mass is 10.1. The third-order valence-electron chi connectivity index (χ3n) is 5.96. The quantitative estimate of drug-likeness (QED) is 0.352. The molecule has 1 aliphatic rings. The molecule has 0 bridgehead atoms. The first-order valence-electron chi connectivity index (χ1n) is 11.7. The molecule has 2 amide bonds. The Morgan fingerprint density at radius 3 is 2.23 bits per heavy atom. The highest BCUT2D eigenvalue weighted by atomic mass is 32.2. The van der Waals surface area contributed by atoms with Gasteiger partial charge in [-0.3, -0.25) is 14.5 Å². The summed E-state index contributed by atoms with van der Waals surface area (Å²) in [4.78, 5) is 28.1. The van der Waals surface area contributed by atoms with E-state index < -0.39 is 11.2 Å². The number of amides is 2. The van der Waals surface area contributed by atoms with E-state index in [1.165, 1.54) is 28.5 Å². The predicted molar refractivity (Wildman–Crippen MR) is 137 cm³/mol. The fourth-order valence-electron chi connectivity index (χ4n) is 3.90. The van der Waals surface area contributed by atoms with E-state index in [-0.39, 0.29) is 18.0 Å². The fraction of sp³-hybridized carbons (Fsp3) is 0.250. The van der Waals surface area contributed by atoms with Gasteiger partial charge in [-0.1, -0.05) is 62.0 Å². The van der Waals surface area contributed by atoms with Gasteiger partial charge in [-0.25, -0.2) is 0 Å². The molecule has 1 aromatic heterocycles. The molecule has 1 saturated heterocycles. The van der Waals surface area contributed by atoms with E-state index in [9.17, 15) is 14.9 Å². The molecule has 4 rings (SSSR count). The second-order valence-electron chi connectivity index (χ2n) is 8.23. The van der Waals surface area contributed by atoms with Gasteiger partial charge in [0.2, 0.25) is 5.91 Å². The molecule has 6 nitrogen and oxygen atoms in total. The van der Waals surface area contributed by atoms with Gasteiger partial charge >= 0.3 is 0 Å². The topological polar surface area (TPSA) is 86.3 Å². The molecular weight excluding hydrogens is 458 g/mol. The molecule has 35 heavy (non-hydrogen) atoms. The van der Waals surface area contributed by atoms with Gasteiger partial charge in [0.05, 0.1) is 18.1 Å². The summed E-state index contributed by atoms with van der Waals surface area (Å²) in [5.74, 6) is -0.0982. The van der Waals surface area contributed by atoms with Gasteiger partial charge in [0.1, 0.15) is 22.4 Å². The van der Waals surface area contributed by atoms with Crippen LogP contribution in [0.25, 0.3) is 0 Å². The number of nitrogens with one attached hydrogen (secondary N) is 1. The standard InChI is InChI=1S/C28H27N3O3S/c1-3-19-7-9-21(10-8-19)16-25-27(33)31(22-13-11-20(4-2)12-14-22)28(35-25)24(17-29)26(32)30-18-23-6-5-15-34-23/h5-15,25H,3-4,16,18H2,1-2H3,(H,30,32)/b28-24-. The van der Waals surface area contributed by atoms with E-state index in [0.29, 0.717) is 22.9 Å². The summed E-state index contributed by atoms with van der Waals surface area (Å²) in [7, 11) is 0. The number of carbonyl (C=O) groups excluding carboxylic acids is 2. The summed E-state index contributed by atoms with van der Waals surface area (Å²) < 4.78 is 5.27. The molecule has 1 aliphatic heterocycles. The van der Waals surface area contributed by atoms with Gasteiger partial charge in [-0.05, 0) is 60.2 Å². The Balaban J connectivity index is 1.66. The maximum absolute atomic E-state index is 13.6. The lowest BCUT2D eigenvalue weighted by molar-refractivity contribution is -0.117. The van der Waals surface area contributed by atoms with Crippen molar-refractivity contribution in [3.63, 3.8) is 0 Å². The molecular formula is C28H27N3O3S. The normalized spacial score (nSPS) is 16.8. The highest BCUT2D eigenvalue weighted by Crippen LogP contribution is 2.42. The van der Waals surface area contributed by atoms with Gasteiger partial charge in [-0.2, -0.15) is 5.26 Å². The van der Waals surface area contributed by atoms with Crippen LogP contribution in [0.15, 0.2) is 81.9 Å². The number of hydrogen-bond donors (Lipinski definition) is 1. The van der Waals surface area contributed by atoms with Crippen molar-refractivity contribution in [3.8, 4) is 6.07 Å². The number of thioether (sulfide) groups is 1. The molecule has 1 unspecified atom stereocenters. The highest BCUT2D eigenvalue weighted by molar-refractivity contribution is 8.05. The number of nitrogens with zero attached hydrogens (tertiary/aromatic N) is 2. The van der Waals surface area contributed by atoms with Crippen LogP contribution in [-0.4, -0.2) is 17.1 Å². The van der Waals surface area contributed by atoms with Crippen molar-refractivity contribution in [1.82, 2.24) is 5.32 Å². The smallest absolute Gasteiger partial charge is 0.265 e. The number of aryl methyl sites for hydroxylation is 2. The number of hydrogen-bond acceptors (Lipinski definition) is 5. The van der Waals surface area contributed by atoms with Gasteiger partial charge < -0.3 is 9.73 Å². The van der Waals surface area contributed by atoms with Crippen LogP contribution in [0.5, 0.6) is 0 Å². The maximum atomic E-state index is 13.6. The van der Waals surface area contributed by atoms with Crippen LogP contribution in [0, 0.1) is 11.3 Å². The molecule has 0 spiro atoms. The third-order valence-corrected chi connectivity index (χ3v) is 7.23. The summed E-state index contributed by atoms with van der Waals surface area (Å²) in [6.45, 7) is 4.32. The van der Waals surface area contributed by atoms with Gasteiger partial charge in [0, 0.05) is 5.69 Å². The van der Waals surface area contributed by atoms with E-state index in [4.69, 9.17) is 4.42 Å². The van der Waals surface area contributed by atoms with Crippen LogP contribution >= 0.6 is 11.8 Å². The molecule has 1 N–H and O–H groups in total. The molecule has 1 atom stereocenters. The molecule has 0 saturated carbocycles. The van der Waals surface area contributed by atoms with Crippen LogP contribution in [0.3, 0.4) is 0 Å². The number of benzene rings is 2. The van der Waals surface area contributed by atoms with Crippen LogP contribution in [-0.2, 0) is 35.4 Å². The molecule has 1 fully saturated rings. The number of anilines is 1. The van der Waals surface area contributed by atoms with Crippen molar-refractivity contribution in [2.45, 2.75) is 44.9 Å². The largest absolute Gasteiger partial charge is 0.467 e. The van der Waals surface area contributed by atoms with E-state index in [0.717, 1.165) is 24.0 Å². The highest BCUT2D eigenvalue weighted by Gasteiger charge is 2.40. The second kappa shape index (κ2) is 11.1. The Morgan fingerprint density at radius 1 is 1.03 bits per heavy atom. The van der Waals surface area contributed by atoms with Crippen molar-refractivity contribution in [2.24, 2.45) is 0 Å². The Bertz CT molecular complexity index is 1260. The first kappa shape index (κ1) is 24.4. The predicted octanol–water partition coefficient (Wildman–Crippen LogP) is 5.15. The van der Waals surface area contributed by atoms with E-state index in [1.807, 2.05) is 42.5 Å². The monoisotopic (exact) mass is 485 g/mol. The zero-order chi connectivity index (χ0) is 24.8. The Morgan fingerprint density at radius 2 is 1.66 bits per heavy atom. The second-order valence-corrected chi connectivity index (χ2v) is 9.42. The molecule has 0 radical (unpaired) electrons.